The van der Waals surface area contributed by atoms with Gasteiger partial charge in [0, 0.05) is 12.3 Å². The van der Waals surface area contributed by atoms with Gasteiger partial charge in [-0.15, -0.1) is 0 Å². The SMILES string of the molecule is N#CC(C#N)=CNc1cc(F)ccc1F. The molecule has 0 heterocycles. The Balaban J connectivity index is 2.92. The standard InChI is InChI=1S/C10H5F2N3/c11-8-1-2-9(12)10(3-8)15-6-7(4-13)5-14/h1-3,6,15H. The minimum Gasteiger partial charge on any atom is -0.357 e. The molecule has 0 aliphatic rings. The van der Waals surface area contributed by atoms with Crippen LogP contribution in [0.15, 0.2) is 30.0 Å². The first kappa shape index (κ1) is 10.7. The van der Waals surface area contributed by atoms with Gasteiger partial charge in [-0.25, -0.2) is 8.78 Å². The fraction of sp³-hybridized carbons (Fsp3) is 0. The summed E-state index contributed by atoms with van der Waals surface area (Å²) in [5, 5.41) is 19.1. The first-order chi connectivity index (χ1) is 7.17. The molecule has 1 aromatic rings. The van der Waals surface area contributed by atoms with Gasteiger partial charge in [-0.1, -0.05) is 0 Å². The summed E-state index contributed by atoms with van der Waals surface area (Å²) in [4.78, 5) is 0. The predicted octanol–water partition coefficient (Wildman–Crippen LogP) is 2.31. The Morgan fingerprint density at radius 2 is 1.93 bits per heavy atom. The number of halogens is 2. The van der Waals surface area contributed by atoms with Crippen molar-refractivity contribution in [3.05, 3.63) is 41.6 Å². The van der Waals surface area contributed by atoms with Gasteiger partial charge in [0.05, 0.1) is 5.69 Å². The Labute approximate surface area is 84.9 Å². The fourth-order valence-electron chi connectivity index (χ4n) is 0.848. The maximum absolute atomic E-state index is 13.0. The molecule has 0 saturated heterocycles. The highest BCUT2D eigenvalue weighted by Gasteiger charge is 2.02. The maximum atomic E-state index is 13.0. The third kappa shape index (κ3) is 2.78. The van der Waals surface area contributed by atoms with Crippen LogP contribution in [-0.4, -0.2) is 0 Å². The number of hydrogen-bond acceptors (Lipinski definition) is 3. The van der Waals surface area contributed by atoms with Gasteiger partial charge in [-0.05, 0) is 12.1 Å². The maximum Gasteiger partial charge on any atom is 0.146 e. The quantitative estimate of drug-likeness (QED) is 0.753. The van der Waals surface area contributed by atoms with E-state index < -0.39 is 11.6 Å². The number of benzene rings is 1. The summed E-state index contributed by atoms with van der Waals surface area (Å²) < 4.78 is 25.7. The van der Waals surface area contributed by atoms with E-state index in [1.54, 1.807) is 12.1 Å². The van der Waals surface area contributed by atoms with E-state index in [4.69, 9.17) is 10.5 Å². The molecule has 0 saturated carbocycles. The molecular weight excluding hydrogens is 200 g/mol. The summed E-state index contributed by atoms with van der Waals surface area (Å²) in [6.07, 6.45) is 1.01. The monoisotopic (exact) mass is 205 g/mol. The van der Waals surface area contributed by atoms with Gasteiger partial charge in [0.2, 0.25) is 0 Å². The fourth-order valence-corrected chi connectivity index (χ4v) is 0.848. The van der Waals surface area contributed by atoms with Crippen molar-refractivity contribution in [3.8, 4) is 12.1 Å². The molecule has 74 valence electrons. The van der Waals surface area contributed by atoms with Crippen LogP contribution >= 0.6 is 0 Å². The van der Waals surface area contributed by atoms with E-state index >= 15 is 0 Å². The average Bonchev–Trinajstić information content (AvgIpc) is 2.24. The Hall–Kier alpha value is -2.40. The number of nitriles is 2. The normalized spacial score (nSPS) is 8.53. The molecular formula is C10H5F2N3. The number of allylic oxidation sites excluding steroid dienone is 1. The van der Waals surface area contributed by atoms with Crippen LogP contribution in [0, 0.1) is 34.3 Å². The Morgan fingerprint density at radius 1 is 1.27 bits per heavy atom. The summed E-state index contributed by atoms with van der Waals surface area (Å²) >= 11 is 0. The van der Waals surface area contributed by atoms with E-state index in [-0.39, 0.29) is 11.3 Å². The molecule has 1 rings (SSSR count). The van der Waals surface area contributed by atoms with E-state index in [9.17, 15) is 8.78 Å². The number of hydrogen-bond donors (Lipinski definition) is 1. The minimum atomic E-state index is -0.664. The zero-order valence-corrected chi connectivity index (χ0v) is 7.46. The van der Waals surface area contributed by atoms with Crippen LogP contribution < -0.4 is 5.32 Å². The van der Waals surface area contributed by atoms with Crippen molar-refractivity contribution in [2.75, 3.05) is 5.32 Å². The van der Waals surface area contributed by atoms with Crippen LogP contribution in [0.25, 0.3) is 0 Å². The van der Waals surface area contributed by atoms with Crippen molar-refractivity contribution < 1.29 is 8.78 Å². The number of rotatable bonds is 2. The third-order valence-electron chi connectivity index (χ3n) is 1.54. The number of nitrogens with zero attached hydrogens (tertiary/aromatic N) is 2. The van der Waals surface area contributed by atoms with Crippen molar-refractivity contribution in [1.29, 1.82) is 10.5 Å². The third-order valence-corrected chi connectivity index (χ3v) is 1.54. The van der Waals surface area contributed by atoms with Crippen LogP contribution in [0.3, 0.4) is 0 Å². The first-order valence-corrected chi connectivity index (χ1v) is 3.89. The van der Waals surface area contributed by atoms with Gasteiger partial charge in [-0.2, -0.15) is 10.5 Å². The van der Waals surface area contributed by atoms with Crippen molar-refractivity contribution in [2.24, 2.45) is 0 Å². The summed E-state index contributed by atoms with van der Waals surface area (Å²) in [5.74, 6) is -1.27. The first-order valence-electron chi connectivity index (χ1n) is 3.89. The number of nitrogens with one attached hydrogen (secondary N) is 1. The van der Waals surface area contributed by atoms with Gasteiger partial charge >= 0.3 is 0 Å². The van der Waals surface area contributed by atoms with E-state index in [0.29, 0.717) is 0 Å². The van der Waals surface area contributed by atoms with E-state index in [0.717, 1.165) is 24.4 Å². The van der Waals surface area contributed by atoms with Gasteiger partial charge in [0.1, 0.15) is 29.3 Å². The molecule has 1 N–H and O–H groups in total. The molecule has 0 bridgehead atoms. The van der Waals surface area contributed by atoms with Crippen molar-refractivity contribution in [1.82, 2.24) is 0 Å². The number of anilines is 1. The largest absolute Gasteiger partial charge is 0.357 e. The molecule has 1 aromatic carbocycles. The predicted molar refractivity (Wildman–Crippen MR) is 49.3 cm³/mol. The van der Waals surface area contributed by atoms with Crippen LogP contribution in [0.5, 0.6) is 0 Å². The summed E-state index contributed by atoms with van der Waals surface area (Å²) in [7, 11) is 0. The highest BCUT2D eigenvalue weighted by atomic mass is 19.1. The second-order valence-electron chi connectivity index (χ2n) is 2.55. The molecule has 0 atom stereocenters. The topological polar surface area (TPSA) is 59.6 Å². The highest BCUT2D eigenvalue weighted by molar-refractivity contribution is 5.50. The average molecular weight is 205 g/mol. The van der Waals surface area contributed by atoms with Gasteiger partial charge < -0.3 is 5.32 Å². The molecule has 3 nitrogen and oxygen atoms in total. The second kappa shape index (κ2) is 4.73. The van der Waals surface area contributed by atoms with Gasteiger partial charge in [0.25, 0.3) is 0 Å². The molecule has 0 aliphatic carbocycles. The Kier molecular flexibility index (Phi) is 3.37. The lowest BCUT2D eigenvalue weighted by Gasteiger charge is -2.01. The Bertz CT molecular complexity index is 464. The van der Waals surface area contributed by atoms with Crippen LogP contribution in [0.1, 0.15) is 0 Å². The van der Waals surface area contributed by atoms with Crippen LogP contribution in [0.4, 0.5) is 14.5 Å². The lowest BCUT2D eigenvalue weighted by atomic mass is 10.3. The minimum absolute atomic E-state index is 0.127. The second-order valence-corrected chi connectivity index (χ2v) is 2.55. The summed E-state index contributed by atoms with van der Waals surface area (Å²) in [5.41, 5.74) is -0.350. The lowest BCUT2D eigenvalue weighted by molar-refractivity contribution is 0.603. The zero-order chi connectivity index (χ0) is 11.3. The van der Waals surface area contributed by atoms with Gasteiger partial charge in [-0.3, -0.25) is 0 Å². The molecule has 0 fully saturated rings. The zero-order valence-electron chi connectivity index (χ0n) is 7.46. The molecule has 5 heteroatoms. The van der Waals surface area contributed by atoms with E-state index in [1.807, 2.05) is 0 Å². The summed E-state index contributed by atoms with van der Waals surface area (Å²) in [6, 6.07) is 6.00. The molecule has 0 aliphatic heterocycles. The summed E-state index contributed by atoms with van der Waals surface area (Å²) in [6.45, 7) is 0. The van der Waals surface area contributed by atoms with E-state index in [1.165, 1.54) is 0 Å². The van der Waals surface area contributed by atoms with E-state index in [2.05, 4.69) is 5.32 Å². The van der Waals surface area contributed by atoms with Gasteiger partial charge in [0.15, 0.2) is 0 Å². The van der Waals surface area contributed by atoms with Crippen molar-refractivity contribution >= 4 is 5.69 Å². The molecule has 0 amide bonds. The van der Waals surface area contributed by atoms with Crippen LogP contribution in [0.2, 0.25) is 0 Å². The molecule has 0 radical (unpaired) electrons. The molecule has 0 aromatic heterocycles. The lowest BCUT2D eigenvalue weighted by Crippen LogP contribution is -1.94. The molecule has 0 spiro atoms. The van der Waals surface area contributed by atoms with Crippen LogP contribution in [-0.2, 0) is 0 Å². The highest BCUT2D eigenvalue weighted by Crippen LogP contribution is 2.15. The molecule has 15 heavy (non-hydrogen) atoms. The molecule has 0 unspecified atom stereocenters. The Morgan fingerprint density at radius 3 is 2.53 bits per heavy atom. The smallest absolute Gasteiger partial charge is 0.146 e. The van der Waals surface area contributed by atoms with Crippen molar-refractivity contribution in [2.45, 2.75) is 0 Å². The van der Waals surface area contributed by atoms with Crippen molar-refractivity contribution in [3.63, 3.8) is 0 Å².